The number of carbonyl (C=O) groups excluding carboxylic acids is 1. The Morgan fingerprint density at radius 2 is 1.67 bits per heavy atom. The van der Waals surface area contributed by atoms with Crippen molar-refractivity contribution in [3.05, 3.63) is 60.2 Å². The molecular formula is C19H17NO4. The third-order valence-corrected chi connectivity index (χ3v) is 4.74. The first kappa shape index (κ1) is 14.8. The molecule has 2 aromatic rings. The molecule has 1 aliphatic carbocycles. The second-order valence-corrected chi connectivity index (χ2v) is 6.34. The molecular weight excluding hydrogens is 306 g/mol. The van der Waals surface area contributed by atoms with E-state index in [1.165, 1.54) is 4.90 Å². The van der Waals surface area contributed by atoms with Crippen molar-refractivity contribution in [2.45, 2.75) is 12.5 Å². The first-order valence-electron chi connectivity index (χ1n) is 8.00. The van der Waals surface area contributed by atoms with Gasteiger partial charge in [0.15, 0.2) is 0 Å². The van der Waals surface area contributed by atoms with Gasteiger partial charge >= 0.3 is 5.97 Å². The maximum absolute atomic E-state index is 12.6. The molecule has 1 saturated carbocycles. The molecule has 1 heterocycles. The summed E-state index contributed by atoms with van der Waals surface area (Å²) < 4.78 is 5.70. The van der Waals surface area contributed by atoms with Crippen LogP contribution in [0.1, 0.15) is 16.8 Å². The molecule has 2 aliphatic rings. The van der Waals surface area contributed by atoms with Crippen LogP contribution in [0.2, 0.25) is 0 Å². The molecule has 1 amide bonds. The van der Waals surface area contributed by atoms with E-state index in [2.05, 4.69) is 0 Å². The average molecular weight is 323 g/mol. The first-order chi connectivity index (χ1) is 11.6. The van der Waals surface area contributed by atoms with Gasteiger partial charge in [-0.15, -0.1) is 0 Å². The number of piperidine rings is 1. The number of ether oxygens (including phenoxy) is 1. The lowest BCUT2D eigenvalue weighted by atomic mass is 10.1. The second kappa shape index (κ2) is 5.67. The average Bonchev–Trinajstić information content (AvgIpc) is 3.25. The predicted octanol–water partition coefficient (Wildman–Crippen LogP) is 3.02. The molecule has 2 aromatic carbocycles. The zero-order chi connectivity index (χ0) is 16.7. The van der Waals surface area contributed by atoms with Crippen molar-refractivity contribution in [3.8, 4) is 11.5 Å². The summed E-state index contributed by atoms with van der Waals surface area (Å²) in [5.41, 5.74) is 0.489. The van der Waals surface area contributed by atoms with Crippen LogP contribution in [0.15, 0.2) is 54.6 Å². The molecule has 0 aromatic heterocycles. The van der Waals surface area contributed by atoms with E-state index in [0.29, 0.717) is 23.8 Å². The number of hydrogen-bond acceptors (Lipinski definition) is 3. The summed E-state index contributed by atoms with van der Waals surface area (Å²) in [6.07, 6.45) is 0.921. The lowest BCUT2D eigenvalue weighted by Gasteiger charge is -2.24. The third-order valence-electron chi connectivity index (χ3n) is 4.74. The van der Waals surface area contributed by atoms with Crippen molar-refractivity contribution in [1.29, 1.82) is 0 Å². The van der Waals surface area contributed by atoms with Crippen molar-refractivity contribution >= 4 is 11.9 Å². The van der Waals surface area contributed by atoms with Crippen LogP contribution in [0.5, 0.6) is 11.5 Å². The van der Waals surface area contributed by atoms with Crippen molar-refractivity contribution < 1.29 is 19.4 Å². The number of para-hydroxylation sites is 1. The number of fused-ring (bicyclic) bond motifs is 1. The number of likely N-dealkylation sites (tertiary alicyclic amines) is 1. The second-order valence-electron chi connectivity index (χ2n) is 6.34. The minimum Gasteiger partial charge on any atom is -0.480 e. The Labute approximate surface area is 139 Å². The minimum atomic E-state index is -0.905. The maximum Gasteiger partial charge on any atom is 0.326 e. The summed E-state index contributed by atoms with van der Waals surface area (Å²) >= 11 is 0. The van der Waals surface area contributed by atoms with Gasteiger partial charge in [0.05, 0.1) is 0 Å². The minimum absolute atomic E-state index is 0.132. The van der Waals surface area contributed by atoms with Gasteiger partial charge in [-0.2, -0.15) is 0 Å². The Morgan fingerprint density at radius 1 is 1.00 bits per heavy atom. The van der Waals surface area contributed by atoms with Crippen molar-refractivity contribution in [2.75, 3.05) is 6.54 Å². The van der Waals surface area contributed by atoms with E-state index in [1.807, 2.05) is 30.3 Å². The van der Waals surface area contributed by atoms with E-state index >= 15 is 0 Å². The molecule has 122 valence electrons. The number of hydrogen-bond donors (Lipinski definition) is 1. The molecule has 24 heavy (non-hydrogen) atoms. The molecule has 0 spiro atoms. The van der Waals surface area contributed by atoms with Crippen LogP contribution in [0.25, 0.3) is 0 Å². The van der Waals surface area contributed by atoms with Gasteiger partial charge in [0, 0.05) is 12.1 Å². The SMILES string of the molecule is O=C(O)[C@@H]1[C@H]2C[C@@H]2CN1C(=O)c1ccc(Oc2ccccc2)cc1. The van der Waals surface area contributed by atoms with Crippen LogP contribution in [-0.4, -0.2) is 34.5 Å². The van der Waals surface area contributed by atoms with E-state index in [1.54, 1.807) is 24.3 Å². The number of carboxylic acid groups (broad SMARTS) is 1. The van der Waals surface area contributed by atoms with Crippen LogP contribution in [0.3, 0.4) is 0 Å². The Balaban J connectivity index is 1.48. The van der Waals surface area contributed by atoms with E-state index < -0.39 is 12.0 Å². The summed E-state index contributed by atoms with van der Waals surface area (Å²) in [5, 5.41) is 9.37. The fourth-order valence-corrected chi connectivity index (χ4v) is 3.45. The number of nitrogens with zero attached hydrogens (tertiary/aromatic N) is 1. The van der Waals surface area contributed by atoms with Crippen LogP contribution in [0, 0.1) is 11.8 Å². The zero-order valence-corrected chi connectivity index (χ0v) is 13.0. The molecule has 4 rings (SSSR count). The van der Waals surface area contributed by atoms with Gasteiger partial charge < -0.3 is 14.7 Å². The van der Waals surface area contributed by atoms with Gasteiger partial charge in [-0.25, -0.2) is 4.79 Å². The molecule has 5 nitrogen and oxygen atoms in total. The number of benzene rings is 2. The van der Waals surface area contributed by atoms with Gasteiger partial charge in [0.1, 0.15) is 17.5 Å². The standard InChI is InChI=1S/C19H17NO4/c21-18(20-11-13-10-16(13)17(20)19(22)23)12-6-8-15(9-7-12)24-14-4-2-1-3-5-14/h1-9,13,16-17H,10-11H2,(H,22,23)/t13-,16+,17+/m1/s1. The monoisotopic (exact) mass is 323 g/mol. The van der Waals surface area contributed by atoms with Gasteiger partial charge in [0.25, 0.3) is 5.91 Å². The van der Waals surface area contributed by atoms with Crippen molar-refractivity contribution in [3.63, 3.8) is 0 Å². The normalized spacial score (nSPS) is 24.3. The lowest BCUT2D eigenvalue weighted by Crippen LogP contribution is -2.43. The van der Waals surface area contributed by atoms with E-state index in [4.69, 9.17) is 4.74 Å². The predicted molar refractivity (Wildman–Crippen MR) is 87.0 cm³/mol. The maximum atomic E-state index is 12.6. The number of aliphatic carboxylic acids is 1. The Hall–Kier alpha value is -2.82. The number of carboxylic acids is 1. The Kier molecular flexibility index (Phi) is 3.49. The third kappa shape index (κ3) is 2.62. The summed E-state index contributed by atoms with van der Waals surface area (Å²) in [4.78, 5) is 25.5. The highest BCUT2D eigenvalue weighted by Crippen LogP contribution is 2.49. The largest absolute Gasteiger partial charge is 0.480 e. The van der Waals surface area contributed by atoms with Crippen LogP contribution >= 0.6 is 0 Å². The lowest BCUT2D eigenvalue weighted by molar-refractivity contribution is -0.142. The summed E-state index contributed by atoms with van der Waals surface area (Å²) in [6, 6.07) is 15.5. The van der Waals surface area contributed by atoms with Gasteiger partial charge in [-0.05, 0) is 54.7 Å². The van der Waals surface area contributed by atoms with E-state index in [9.17, 15) is 14.7 Å². The van der Waals surface area contributed by atoms with Gasteiger partial charge in [0.2, 0.25) is 0 Å². The molecule has 3 atom stereocenters. The first-order valence-corrected chi connectivity index (χ1v) is 8.00. The number of rotatable bonds is 4. The summed E-state index contributed by atoms with van der Waals surface area (Å²) in [6.45, 7) is 0.544. The van der Waals surface area contributed by atoms with E-state index in [0.717, 1.165) is 12.2 Å². The molecule has 0 bridgehead atoms. The Morgan fingerprint density at radius 3 is 2.33 bits per heavy atom. The summed E-state index contributed by atoms with van der Waals surface area (Å²) in [7, 11) is 0. The van der Waals surface area contributed by atoms with Crippen molar-refractivity contribution in [2.24, 2.45) is 11.8 Å². The van der Waals surface area contributed by atoms with Crippen molar-refractivity contribution in [1.82, 2.24) is 4.90 Å². The topological polar surface area (TPSA) is 66.8 Å². The molecule has 1 N–H and O–H groups in total. The van der Waals surface area contributed by atoms with Crippen LogP contribution in [0.4, 0.5) is 0 Å². The molecule has 0 radical (unpaired) electrons. The molecule has 5 heteroatoms. The van der Waals surface area contributed by atoms with Crippen LogP contribution in [-0.2, 0) is 4.79 Å². The highest BCUT2D eigenvalue weighted by molar-refractivity contribution is 5.97. The molecule has 2 fully saturated rings. The summed E-state index contributed by atoms with van der Waals surface area (Å²) in [5.74, 6) is 0.722. The van der Waals surface area contributed by atoms with E-state index in [-0.39, 0.29) is 11.8 Å². The highest BCUT2D eigenvalue weighted by atomic mass is 16.5. The number of amides is 1. The van der Waals surface area contributed by atoms with Crippen LogP contribution < -0.4 is 4.74 Å². The number of carbonyl (C=O) groups is 2. The molecule has 1 saturated heterocycles. The fourth-order valence-electron chi connectivity index (χ4n) is 3.45. The molecule has 0 unspecified atom stereocenters. The van der Waals surface area contributed by atoms with Gasteiger partial charge in [-0.1, -0.05) is 18.2 Å². The highest BCUT2D eigenvalue weighted by Gasteiger charge is 2.57. The Bertz CT molecular complexity index is 772. The smallest absolute Gasteiger partial charge is 0.326 e. The quantitative estimate of drug-likeness (QED) is 0.939. The zero-order valence-electron chi connectivity index (χ0n) is 13.0. The molecule has 1 aliphatic heterocycles. The van der Waals surface area contributed by atoms with Gasteiger partial charge in [-0.3, -0.25) is 4.79 Å². The fraction of sp³-hybridized carbons (Fsp3) is 0.263.